The predicted octanol–water partition coefficient (Wildman–Crippen LogP) is 3.89. The number of benzene rings is 1. The van der Waals surface area contributed by atoms with Crippen molar-refractivity contribution >= 4 is 28.3 Å². The molecule has 1 saturated heterocycles. The summed E-state index contributed by atoms with van der Waals surface area (Å²) in [4.78, 5) is 45.0. The van der Waals surface area contributed by atoms with E-state index in [4.69, 9.17) is 16.5 Å². The van der Waals surface area contributed by atoms with Crippen LogP contribution in [0, 0.1) is 11.7 Å². The molecule has 13 heteroatoms. The average Bonchev–Trinajstić information content (AvgIpc) is 3.43. The van der Waals surface area contributed by atoms with E-state index in [0.717, 1.165) is 17.7 Å². The quantitative estimate of drug-likeness (QED) is 0.113. The number of hydroxylamine groups is 1. The molecule has 2 heterocycles. The summed E-state index contributed by atoms with van der Waals surface area (Å²) in [5.74, 6) is 0.882. The fraction of sp³-hybridized carbons (Fsp3) is 0.469. The summed E-state index contributed by atoms with van der Waals surface area (Å²) in [7, 11) is 1.41. The maximum Gasteiger partial charge on any atom is 0.282 e. The SMILES string of the molecule is C=CC(=C(C=C[NH2+]OC)C(=O)N1CC(F)(F)C1)c1ccc2[nH]c(C(CC(=O)C(=CON)CC)C3(N)CCC(C)CC3)nc2c1F. The predicted molar refractivity (Wildman–Crippen MR) is 163 cm³/mol. The minimum Gasteiger partial charge on any atom is -0.419 e. The molecular formula is C32H42F3N6O4+. The minimum absolute atomic E-state index is 0.00567. The number of aromatic nitrogens is 2. The summed E-state index contributed by atoms with van der Waals surface area (Å²) < 4.78 is 43.6. The highest BCUT2D eigenvalue weighted by Crippen LogP contribution is 2.42. The Hall–Kier alpha value is -3.78. The highest BCUT2D eigenvalue weighted by Gasteiger charge is 2.47. The number of hydrogen-bond acceptors (Lipinski definition) is 7. The third kappa shape index (κ3) is 7.38. The summed E-state index contributed by atoms with van der Waals surface area (Å²) in [6, 6.07) is 3.09. The molecule has 1 aromatic carbocycles. The Kier molecular flexibility index (Phi) is 10.7. The molecule has 1 saturated carbocycles. The largest absolute Gasteiger partial charge is 0.419 e. The molecule has 1 atom stereocenters. The van der Waals surface area contributed by atoms with Gasteiger partial charge in [-0.05, 0) is 55.7 Å². The number of nitrogens with zero attached hydrogens (tertiary/aromatic N) is 2. The van der Waals surface area contributed by atoms with Crippen LogP contribution in [0.25, 0.3) is 16.6 Å². The van der Waals surface area contributed by atoms with E-state index < -0.39 is 42.2 Å². The summed E-state index contributed by atoms with van der Waals surface area (Å²) >= 11 is 0. The van der Waals surface area contributed by atoms with Crippen LogP contribution in [0.15, 0.2) is 54.5 Å². The highest BCUT2D eigenvalue weighted by atomic mass is 19.3. The van der Waals surface area contributed by atoms with Crippen molar-refractivity contribution in [1.29, 1.82) is 0 Å². The van der Waals surface area contributed by atoms with Crippen LogP contribution < -0.4 is 17.1 Å². The molecule has 4 rings (SSSR count). The van der Waals surface area contributed by atoms with Gasteiger partial charge < -0.3 is 20.5 Å². The van der Waals surface area contributed by atoms with Gasteiger partial charge in [0.15, 0.2) is 11.6 Å². The van der Waals surface area contributed by atoms with Crippen molar-refractivity contribution < 1.29 is 37.9 Å². The van der Waals surface area contributed by atoms with Gasteiger partial charge in [-0.2, -0.15) is 11.4 Å². The summed E-state index contributed by atoms with van der Waals surface area (Å²) in [6.07, 6.45) is 8.80. The zero-order valence-electron chi connectivity index (χ0n) is 25.9. The number of likely N-dealkylation sites (tertiary alicyclic amines) is 1. The number of H-pyrrole nitrogens is 1. The molecule has 45 heavy (non-hydrogen) atoms. The van der Waals surface area contributed by atoms with Crippen molar-refractivity contribution in [3.05, 3.63) is 71.7 Å². The first-order valence-corrected chi connectivity index (χ1v) is 15.0. The van der Waals surface area contributed by atoms with Gasteiger partial charge in [-0.1, -0.05) is 26.5 Å². The molecule has 1 unspecified atom stereocenters. The van der Waals surface area contributed by atoms with Crippen LogP contribution in [0.5, 0.6) is 0 Å². The van der Waals surface area contributed by atoms with E-state index in [1.807, 2.05) is 6.92 Å². The lowest BCUT2D eigenvalue weighted by atomic mass is 9.68. The van der Waals surface area contributed by atoms with Crippen molar-refractivity contribution in [3.63, 3.8) is 0 Å². The maximum absolute atomic E-state index is 16.3. The molecule has 1 aliphatic carbocycles. The first-order valence-electron chi connectivity index (χ1n) is 15.0. The van der Waals surface area contributed by atoms with Gasteiger partial charge in [0.25, 0.3) is 11.8 Å². The fourth-order valence-corrected chi connectivity index (χ4v) is 6.08. The number of alkyl halides is 2. The lowest BCUT2D eigenvalue weighted by Gasteiger charge is -2.41. The Labute approximate surface area is 260 Å². The Balaban J connectivity index is 1.80. The van der Waals surface area contributed by atoms with Crippen molar-refractivity contribution in [2.45, 2.75) is 69.8 Å². The Morgan fingerprint density at radius 2 is 1.98 bits per heavy atom. The van der Waals surface area contributed by atoms with E-state index in [-0.39, 0.29) is 34.4 Å². The molecule has 1 amide bonds. The number of allylic oxidation sites excluding steroid dienone is 3. The Morgan fingerprint density at radius 3 is 2.56 bits per heavy atom. The van der Waals surface area contributed by atoms with Gasteiger partial charge in [-0.25, -0.2) is 23.0 Å². The van der Waals surface area contributed by atoms with Crippen LogP contribution in [0.1, 0.15) is 69.7 Å². The number of carbonyl (C=O) groups is 2. The smallest absolute Gasteiger partial charge is 0.282 e. The first kappa shape index (κ1) is 34.1. The van der Waals surface area contributed by atoms with Gasteiger partial charge in [0.1, 0.15) is 23.8 Å². The van der Waals surface area contributed by atoms with Crippen LogP contribution in [-0.4, -0.2) is 58.2 Å². The zero-order chi connectivity index (χ0) is 32.9. The van der Waals surface area contributed by atoms with Gasteiger partial charge in [-0.15, -0.1) is 0 Å². The summed E-state index contributed by atoms with van der Waals surface area (Å²) in [5.41, 5.74) is 8.35. The van der Waals surface area contributed by atoms with E-state index in [1.165, 1.54) is 43.3 Å². The lowest BCUT2D eigenvalue weighted by molar-refractivity contribution is -0.842. The molecule has 10 nitrogen and oxygen atoms in total. The second-order valence-corrected chi connectivity index (χ2v) is 12.0. The average molecular weight is 632 g/mol. The second-order valence-electron chi connectivity index (χ2n) is 12.0. The molecule has 0 bridgehead atoms. The van der Waals surface area contributed by atoms with Crippen LogP contribution in [0.2, 0.25) is 0 Å². The van der Waals surface area contributed by atoms with Crippen LogP contribution in [0.4, 0.5) is 13.2 Å². The standard InChI is InChI=1S/C32H41F3N6O4/c1-5-20(16-45-37)26(42)15-24(31(36)12-9-19(3)10-13-31)29-39-25-8-7-22(27(33)28(25)40-29)21(6-2)23(11-14-38-44-4)30(43)41-17-32(34,35)18-41/h6-8,11,14,16,19,24,38H,2,5,9-10,12-13,15,17-18,36-37H2,1,3-4H3,(H,39,40)/p+1. The monoisotopic (exact) mass is 631 g/mol. The molecular weight excluding hydrogens is 589 g/mol. The number of Topliss-reactive ketones (excluding diaryl/α,β-unsaturated/α-hetero) is 1. The third-order valence-electron chi connectivity index (χ3n) is 8.80. The Morgan fingerprint density at radius 1 is 1.29 bits per heavy atom. The van der Waals surface area contributed by atoms with Crippen molar-refractivity contribution in [3.8, 4) is 0 Å². The van der Waals surface area contributed by atoms with Crippen LogP contribution >= 0.6 is 0 Å². The second kappa shape index (κ2) is 14.1. The van der Waals surface area contributed by atoms with Crippen LogP contribution in [-0.2, 0) is 19.3 Å². The lowest BCUT2D eigenvalue weighted by Crippen LogP contribution is -2.76. The van der Waals surface area contributed by atoms with Gasteiger partial charge in [0, 0.05) is 35.1 Å². The Bertz CT molecular complexity index is 1520. The number of ketones is 1. The highest BCUT2D eigenvalue weighted by molar-refractivity contribution is 6.06. The summed E-state index contributed by atoms with van der Waals surface area (Å²) in [5, 5.41) is 0. The molecule has 244 valence electrons. The zero-order valence-corrected chi connectivity index (χ0v) is 25.9. The number of nitrogens with two attached hydrogens (primary N) is 3. The number of amides is 1. The van der Waals surface area contributed by atoms with Crippen molar-refractivity contribution in [2.75, 3.05) is 20.2 Å². The van der Waals surface area contributed by atoms with E-state index in [0.29, 0.717) is 42.1 Å². The number of halogens is 3. The molecule has 7 N–H and O–H groups in total. The normalized spacial score (nSPS) is 23.1. The van der Waals surface area contributed by atoms with E-state index in [1.54, 1.807) is 6.07 Å². The third-order valence-corrected chi connectivity index (χ3v) is 8.80. The van der Waals surface area contributed by atoms with Gasteiger partial charge in [0.05, 0.1) is 31.3 Å². The van der Waals surface area contributed by atoms with Gasteiger partial charge in [0.2, 0.25) is 0 Å². The number of hydrogen-bond donors (Lipinski definition) is 4. The molecule has 1 aromatic heterocycles. The van der Waals surface area contributed by atoms with E-state index in [2.05, 4.69) is 28.3 Å². The number of carbonyl (C=O) groups excluding carboxylic acids is 2. The number of nitrogens with one attached hydrogen (secondary N) is 1. The number of fused-ring (bicyclic) bond motifs is 1. The van der Waals surface area contributed by atoms with Crippen LogP contribution in [0.3, 0.4) is 0 Å². The number of quaternary nitrogens is 1. The van der Waals surface area contributed by atoms with Crippen molar-refractivity contribution in [2.24, 2.45) is 17.5 Å². The number of imidazole rings is 1. The molecule has 2 aromatic rings. The van der Waals surface area contributed by atoms with Gasteiger partial charge in [-0.3, -0.25) is 9.59 Å². The number of aromatic amines is 1. The minimum atomic E-state index is -2.98. The molecule has 0 radical (unpaired) electrons. The molecule has 0 spiro atoms. The topological polar surface area (TPSA) is 153 Å². The number of rotatable bonds is 13. The van der Waals surface area contributed by atoms with E-state index in [9.17, 15) is 18.4 Å². The van der Waals surface area contributed by atoms with Crippen molar-refractivity contribution in [1.82, 2.24) is 14.9 Å². The first-order chi connectivity index (χ1) is 21.4. The fourth-order valence-electron chi connectivity index (χ4n) is 6.08. The maximum atomic E-state index is 16.3. The molecule has 2 fully saturated rings. The van der Waals surface area contributed by atoms with Gasteiger partial charge >= 0.3 is 0 Å². The summed E-state index contributed by atoms with van der Waals surface area (Å²) in [6.45, 7) is 6.28. The van der Waals surface area contributed by atoms with E-state index >= 15 is 4.39 Å². The molecule has 2 aliphatic rings. The molecule has 1 aliphatic heterocycles.